The lowest BCUT2D eigenvalue weighted by Crippen LogP contribution is -2.54. The molecule has 0 saturated carbocycles. The van der Waals surface area contributed by atoms with Gasteiger partial charge in [0.2, 0.25) is 17.8 Å². The number of carbonyl (C=O) groups excluding carboxylic acids is 3. The minimum Gasteiger partial charge on any atom is -0.369 e. The lowest BCUT2D eigenvalue weighted by Gasteiger charge is -2.24. The van der Waals surface area contributed by atoms with Crippen molar-refractivity contribution in [3.8, 4) is 0 Å². The zero-order valence-electron chi connectivity index (χ0n) is 21.9. The van der Waals surface area contributed by atoms with E-state index >= 15 is 0 Å². The van der Waals surface area contributed by atoms with Crippen LogP contribution in [-0.4, -0.2) is 57.8 Å². The van der Waals surface area contributed by atoms with E-state index in [-0.39, 0.29) is 11.8 Å². The number of fused-ring (bicyclic) bond motifs is 1. The van der Waals surface area contributed by atoms with Crippen LogP contribution in [0.2, 0.25) is 0 Å². The molecule has 38 heavy (non-hydrogen) atoms. The average Bonchev–Trinajstić information content (AvgIpc) is 2.91. The topological polar surface area (TPSA) is 150 Å². The van der Waals surface area contributed by atoms with Crippen molar-refractivity contribution in [2.45, 2.75) is 39.2 Å². The largest absolute Gasteiger partial charge is 0.369 e. The second-order valence-electron chi connectivity index (χ2n) is 9.13. The molecule has 5 N–H and O–H groups in total. The van der Waals surface area contributed by atoms with Crippen LogP contribution in [0.4, 0.5) is 17.5 Å². The Labute approximate surface area is 221 Å². The second-order valence-corrected chi connectivity index (χ2v) is 9.13. The molecule has 11 heteroatoms. The predicted molar refractivity (Wildman–Crippen MR) is 148 cm³/mol. The molecule has 3 amide bonds. The third-order valence-corrected chi connectivity index (χ3v) is 5.59. The SMILES string of the molecule is C=CC(=O)NC(C)(C)C(=O)NCCCNC(=O)c1cnc(Nc2ccc3cnccc3c2)nc1NCCC. The van der Waals surface area contributed by atoms with Crippen molar-refractivity contribution in [1.82, 2.24) is 30.9 Å². The summed E-state index contributed by atoms with van der Waals surface area (Å²) in [5.41, 5.74) is 0.0634. The van der Waals surface area contributed by atoms with E-state index in [0.29, 0.717) is 43.4 Å². The molecule has 0 aliphatic rings. The number of hydrogen-bond acceptors (Lipinski definition) is 8. The van der Waals surface area contributed by atoms with Gasteiger partial charge in [0.05, 0.1) is 0 Å². The van der Waals surface area contributed by atoms with Crippen molar-refractivity contribution in [2.75, 3.05) is 30.3 Å². The highest BCUT2D eigenvalue weighted by Crippen LogP contribution is 2.22. The monoisotopic (exact) mass is 518 g/mol. The van der Waals surface area contributed by atoms with Gasteiger partial charge in [0, 0.05) is 49.3 Å². The van der Waals surface area contributed by atoms with E-state index in [0.717, 1.165) is 29.0 Å². The smallest absolute Gasteiger partial charge is 0.256 e. The predicted octanol–water partition coefficient (Wildman–Crippen LogP) is 2.91. The molecule has 0 bridgehead atoms. The summed E-state index contributed by atoms with van der Waals surface area (Å²) < 4.78 is 0. The molecule has 3 rings (SSSR count). The maximum Gasteiger partial charge on any atom is 0.256 e. The summed E-state index contributed by atoms with van der Waals surface area (Å²) in [4.78, 5) is 49.7. The normalized spacial score (nSPS) is 10.9. The molecule has 0 atom stereocenters. The van der Waals surface area contributed by atoms with Gasteiger partial charge in [-0.3, -0.25) is 19.4 Å². The fourth-order valence-corrected chi connectivity index (χ4v) is 3.50. The summed E-state index contributed by atoms with van der Waals surface area (Å²) in [5.74, 6) is -0.284. The van der Waals surface area contributed by atoms with E-state index in [2.05, 4.69) is 48.1 Å². The van der Waals surface area contributed by atoms with E-state index in [1.165, 1.54) is 6.20 Å². The highest BCUT2D eigenvalue weighted by atomic mass is 16.2. The van der Waals surface area contributed by atoms with Crippen molar-refractivity contribution in [1.29, 1.82) is 0 Å². The van der Waals surface area contributed by atoms with Crippen molar-refractivity contribution < 1.29 is 14.4 Å². The Kier molecular flexibility index (Phi) is 9.69. The Morgan fingerprint density at radius 3 is 2.58 bits per heavy atom. The van der Waals surface area contributed by atoms with Gasteiger partial charge in [-0.15, -0.1) is 0 Å². The summed E-state index contributed by atoms with van der Waals surface area (Å²) in [6.07, 6.45) is 7.49. The van der Waals surface area contributed by atoms with Crippen LogP contribution in [0.15, 0.2) is 55.5 Å². The van der Waals surface area contributed by atoms with E-state index in [9.17, 15) is 14.4 Å². The molecular weight excluding hydrogens is 484 g/mol. The third kappa shape index (κ3) is 7.73. The maximum absolute atomic E-state index is 12.9. The van der Waals surface area contributed by atoms with Crippen LogP contribution in [0.1, 0.15) is 44.0 Å². The van der Waals surface area contributed by atoms with Crippen LogP contribution < -0.4 is 26.6 Å². The molecule has 2 heterocycles. The fourth-order valence-electron chi connectivity index (χ4n) is 3.50. The van der Waals surface area contributed by atoms with E-state index in [1.807, 2.05) is 31.2 Å². The number of carbonyl (C=O) groups is 3. The Hall–Kier alpha value is -4.54. The first kappa shape index (κ1) is 28.0. The molecule has 0 aliphatic heterocycles. The molecule has 200 valence electrons. The lowest BCUT2D eigenvalue weighted by molar-refractivity contribution is -0.130. The number of pyridine rings is 1. The summed E-state index contributed by atoms with van der Waals surface area (Å²) in [6, 6.07) is 7.79. The summed E-state index contributed by atoms with van der Waals surface area (Å²) >= 11 is 0. The van der Waals surface area contributed by atoms with Gasteiger partial charge in [-0.05, 0) is 56.4 Å². The molecule has 11 nitrogen and oxygen atoms in total. The Morgan fingerprint density at radius 1 is 1.03 bits per heavy atom. The van der Waals surface area contributed by atoms with Gasteiger partial charge in [-0.2, -0.15) is 4.98 Å². The number of anilines is 3. The van der Waals surface area contributed by atoms with E-state index in [1.54, 1.807) is 26.2 Å². The first-order chi connectivity index (χ1) is 18.2. The van der Waals surface area contributed by atoms with Crippen LogP contribution in [0.25, 0.3) is 10.8 Å². The highest BCUT2D eigenvalue weighted by Gasteiger charge is 2.28. The number of rotatable bonds is 13. The molecule has 0 aliphatic carbocycles. The number of nitrogens with zero attached hydrogens (tertiary/aromatic N) is 3. The number of hydrogen-bond donors (Lipinski definition) is 5. The van der Waals surface area contributed by atoms with Gasteiger partial charge in [-0.1, -0.05) is 19.6 Å². The minimum absolute atomic E-state index is 0.321. The average molecular weight is 519 g/mol. The standard InChI is InChI=1S/C27H34N8O3/c1-5-11-29-23-21(24(37)30-12-7-13-31-25(38)27(3,4)35-22(36)6-2)17-32-26(34-23)33-20-9-8-19-16-28-14-10-18(19)15-20/h6,8-10,14-17H,2,5,7,11-13H2,1,3-4H3,(H,30,37)(H,31,38)(H,35,36)(H2,29,32,33,34). The number of nitrogens with one attached hydrogen (secondary N) is 5. The Bertz CT molecular complexity index is 1310. The number of amides is 3. The van der Waals surface area contributed by atoms with Gasteiger partial charge in [-0.25, -0.2) is 4.98 Å². The molecule has 0 radical (unpaired) electrons. The van der Waals surface area contributed by atoms with Crippen molar-refractivity contribution in [3.63, 3.8) is 0 Å². The van der Waals surface area contributed by atoms with Crippen LogP contribution in [-0.2, 0) is 9.59 Å². The Morgan fingerprint density at radius 2 is 1.82 bits per heavy atom. The molecule has 0 saturated heterocycles. The number of benzene rings is 1. The quantitative estimate of drug-likeness (QED) is 0.171. The second kappa shape index (κ2) is 13.1. The van der Waals surface area contributed by atoms with Crippen molar-refractivity contribution >= 4 is 45.9 Å². The molecule has 3 aromatic rings. The zero-order chi connectivity index (χ0) is 27.5. The van der Waals surface area contributed by atoms with Crippen LogP contribution >= 0.6 is 0 Å². The van der Waals surface area contributed by atoms with Crippen molar-refractivity contribution in [2.24, 2.45) is 0 Å². The maximum atomic E-state index is 12.9. The van der Waals surface area contributed by atoms with Crippen molar-refractivity contribution in [3.05, 3.63) is 61.1 Å². The van der Waals surface area contributed by atoms with Gasteiger partial charge in [0.1, 0.15) is 16.9 Å². The van der Waals surface area contributed by atoms with Crippen LogP contribution in [0, 0.1) is 0 Å². The molecular formula is C27H34N8O3. The fraction of sp³-hybridized carbons (Fsp3) is 0.333. The van der Waals surface area contributed by atoms with Gasteiger partial charge < -0.3 is 26.6 Å². The van der Waals surface area contributed by atoms with Crippen LogP contribution in [0.3, 0.4) is 0 Å². The zero-order valence-corrected chi connectivity index (χ0v) is 21.9. The van der Waals surface area contributed by atoms with E-state index in [4.69, 9.17) is 0 Å². The number of aromatic nitrogens is 3. The molecule has 1 aromatic carbocycles. The van der Waals surface area contributed by atoms with Crippen LogP contribution in [0.5, 0.6) is 0 Å². The summed E-state index contributed by atoms with van der Waals surface area (Å²) in [5, 5.41) is 16.6. The van der Waals surface area contributed by atoms with E-state index < -0.39 is 11.4 Å². The molecule has 0 unspecified atom stereocenters. The molecule has 2 aromatic heterocycles. The third-order valence-electron chi connectivity index (χ3n) is 5.59. The lowest BCUT2D eigenvalue weighted by atomic mass is 10.0. The highest BCUT2D eigenvalue weighted by molar-refractivity contribution is 5.98. The summed E-state index contributed by atoms with van der Waals surface area (Å²) in [7, 11) is 0. The Balaban J connectivity index is 1.57. The van der Waals surface area contributed by atoms with Gasteiger partial charge >= 0.3 is 0 Å². The first-order valence-electron chi connectivity index (χ1n) is 12.5. The minimum atomic E-state index is -1.08. The molecule has 0 fully saturated rings. The first-order valence-corrected chi connectivity index (χ1v) is 12.5. The van der Waals surface area contributed by atoms with Gasteiger partial charge in [0.25, 0.3) is 5.91 Å². The summed E-state index contributed by atoms with van der Waals surface area (Å²) in [6.45, 7) is 9.92. The van der Waals surface area contributed by atoms with Gasteiger partial charge in [0.15, 0.2) is 0 Å². The molecule has 0 spiro atoms.